The SMILES string of the molecule is Cl.Cl.NC1(C(=O)NCc2ccc(Oc3ccc(F)cc3)nc2)CCCCC1. The summed E-state index contributed by atoms with van der Waals surface area (Å²) in [7, 11) is 0. The first kappa shape index (κ1) is 23.1. The molecule has 1 fully saturated rings. The average Bonchev–Trinajstić information content (AvgIpc) is 2.63. The van der Waals surface area contributed by atoms with Crippen LogP contribution < -0.4 is 15.8 Å². The zero-order valence-corrected chi connectivity index (χ0v) is 16.5. The first-order valence-corrected chi connectivity index (χ1v) is 8.51. The minimum Gasteiger partial charge on any atom is -0.439 e. The van der Waals surface area contributed by atoms with E-state index >= 15 is 0 Å². The normalized spacial score (nSPS) is 15.0. The van der Waals surface area contributed by atoms with Crippen molar-refractivity contribution in [1.82, 2.24) is 10.3 Å². The minimum atomic E-state index is -0.739. The fraction of sp³-hybridized carbons (Fsp3) is 0.368. The zero-order valence-electron chi connectivity index (χ0n) is 14.8. The summed E-state index contributed by atoms with van der Waals surface area (Å²) in [6.07, 6.45) is 6.26. The van der Waals surface area contributed by atoms with E-state index in [0.717, 1.165) is 37.7 Å². The van der Waals surface area contributed by atoms with Gasteiger partial charge in [0.05, 0.1) is 5.54 Å². The number of nitrogens with two attached hydrogens (primary N) is 1. The molecule has 2 aromatic rings. The first-order valence-electron chi connectivity index (χ1n) is 8.51. The second-order valence-corrected chi connectivity index (χ2v) is 6.46. The number of carbonyl (C=O) groups excluding carboxylic acids is 1. The van der Waals surface area contributed by atoms with Crippen molar-refractivity contribution in [3.63, 3.8) is 0 Å². The van der Waals surface area contributed by atoms with Crippen molar-refractivity contribution in [2.75, 3.05) is 0 Å². The van der Waals surface area contributed by atoms with Gasteiger partial charge in [0.2, 0.25) is 11.8 Å². The number of nitrogens with one attached hydrogen (secondary N) is 1. The maximum Gasteiger partial charge on any atom is 0.240 e. The number of rotatable bonds is 5. The lowest BCUT2D eigenvalue weighted by molar-refractivity contribution is -0.127. The van der Waals surface area contributed by atoms with Gasteiger partial charge in [0.1, 0.15) is 11.6 Å². The van der Waals surface area contributed by atoms with E-state index in [-0.39, 0.29) is 36.5 Å². The smallest absolute Gasteiger partial charge is 0.240 e. The molecule has 148 valence electrons. The van der Waals surface area contributed by atoms with Crippen LogP contribution in [-0.4, -0.2) is 16.4 Å². The highest BCUT2D eigenvalue weighted by molar-refractivity contribution is 5.86. The van der Waals surface area contributed by atoms with Crippen LogP contribution in [0.1, 0.15) is 37.7 Å². The quantitative estimate of drug-likeness (QED) is 0.768. The molecular formula is C19H24Cl2FN3O2. The van der Waals surface area contributed by atoms with E-state index in [1.54, 1.807) is 12.3 Å². The summed E-state index contributed by atoms with van der Waals surface area (Å²) in [6, 6.07) is 9.27. The standard InChI is InChI=1S/C19H22FN3O2.2ClH/c20-15-5-7-16(8-6-15)25-17-9-4-14(12-22-17)13-23-18(24)19(21)10-2-1-3-11-19;;/h4-9,12H,1-3,10-11,13,21H2,(H,23,24);2*1H. The van der Waals surface area contributed by atoms with E-state index < -0.39 is 5.54 Å². The van der Waals surface area contributed by atoms with Crippen molar-refractivity contribution >= 4 is 30.7 Å². The number of hydrogen-bond acceptors (Lipinski definition) is 4. The lowest BCUT2D eigenvalue weighted by atomic mass is 9.82. The van der Waals surface area contributed by atoms with Gasteiger partial charge in [0.25, 0.3) is 0 Å². The molecule has 1 aliphatic rings. The van der Waals surface area contributed by atoms with Gasteiger partial charge in [-0.05, 0) is 42.7 Å². The first-order chi connectivity index (χ1) is 12.0. The van der Waals surface area contributed by atoms with Gasteiger partial charge < -0.3 is 15.8 Å². The van der Waals surface area contributed by atoms with Crippen molar-refractivity contribution in [3.8, 4) is 11.6 Å². The molecule has 1 aromatic heterocycles. The van der Waals surface area contributed by atoms with Crippen LogP contribution in [0.25, 0.3) is 0 Å². The van der Waals surface area contributed by atoms with E-state index in [0.29, 0.717) is 18.2 Å². The van der Waals surface area contributed by atoms with Gasteiger partial charge in [-0.3, -0.25) is 4.79 Å². The summed E-state index contributed by atoms with van der Waals surface area (Å²) in [5.41, 5.74) is 6.33. The van der Waals surface area contributed by atoms with Gasteiger partial charge in [-0.15, -0.1) is 24.8 Å². The third kappa shape index (κ3) is 6.34. The summed E-state index contributed by atoms with van der Waals surface area (Å²) >= 11 is 0. The Morgan fingerprint density at radius 1 is 1.11 bits per heavy atom. The molecule has 3 rings (SSSR count). The van der Waals surface area contributed by atoms with E-state index in [4.69, 9.17) is 10.5 Å². The molecule has 0 radical (unpaired) electrons. The van der Waals surface area contributed by atoms with Crippen LogP contribution >= 0.6 is 24.8 Å². The second-order valence-electron chi connectivity index (χ2n) is 6.46. The van der Waals surface area contributed by atoms with Crippen LogP contribution in [0.3, 0.4) is 0 Å². The fourth-order valence-corrected chi connectivity index (χ4v) is 2.97. The van der Waals surface area contributed by atoms with Gasteiger partial charge in [-0.25, -0.2) is 9.37 Å². The molecule has 5 nitrogen and oxygen atoms in total. The van der Waals surface area contributed by atoms with Crippen LogP contribution in [0.15, 0.2) is 42.6 Å². The van der Waals surface area contributed by atoms with Gasteiger partial charge in [-0.1, -0.05) is 25.3 Å². The predicted octanol–water partition coefficient (Wildman–Crippen LogP) is 4.13. The molecule has 27 heavy (non-hydrogen) atoms. The average molecular weight is 416 g/mol. The summed E-state index contributed by atoms with van der Waals surface area (Å²) in [5, 5.41) is 2.90. The van der Waals surface area contributed by atoms with Crippen LogP contribution in [0.5, 0.6) is 11.6 Å². The highest BCUT2D eigenvalue weighted by atomic mass is 35.5. The highest BCUT2D eigenvalue weighted by Crippen LogP contribution is 2.26. The van der Waals surface area contributed by atoms with Crippen molar-refractivity contribution in [3.05, 3.63) is 54.0 Å². The number of halogens is 3. The lowest BCUT2D eigenvalue weighted by Gasteiger charge is -2.31. The molecule has 1 aliphatic carbocycles. The summed E-state index contributed by atoms with van der Waals surface area (Å²) in [6.45, 7) is 0.377. The number of nitrogens with zero attached hydrogens (tertiary/aromatic N) is 1. The maximum absolute atomic E-state index is 12.9. The Morgan fingerprint density at radius 2 is 1.78 bits per heavy atom. The number of pyridine rings is 1. The van der Waals surface area contributed by atoms with Gasteiger partial charge in [-0.2, -0.15) is 0 Å². The minimum absolute atomic E-state index is 0. The zero-order chi connectivity index (χ0) is 17.7. The number of benzene rings is 1. The maximum atomic E-state index is 12.9. The number of amides is 1. The number of aromatic nitrogens is 1. The number of ether oxygens (including phenoxy) is 1. The predicted molar refractivity (Wildman–Crippen MR) is 107 cm³/mol. The largest absolute Gasteiger partial charge is 0.439 e. The molecule has 0 atom stereocenters. The number of hydrogen-bond donors (Lipinski definition) is 2. The third-order valence-corrected chi connectivity index (χ3v) is 4.48. The molecule has 1 heterocycles. The fourth-order valence-electron chi connectivity index (χ4n) is 2.97. The van der Waals surface area contributed by atoms with E-state index in [1.807, 2.05) is 6.07 Å². The van der Waals surface area contributed by atoms with Crippen LogP contribution in [0.4, 0.5) is 4.39 Å². The van der Waals surface area contributed by atoms with Crippen LogP contribution in [0, 0.1) is 5.82 Å². The summed E-state index contributed by atoms with van der Waals surface area (Å²) in [4.78, 5) is 16.5. The van der Waals surface area contributed by atoms with Crippen LogP contribution in [-0.2, 0) is 11.3 Å². The van der Waals surface area contributed by atoms with Gasteiger partial charge >= 0.3 is 0 Å². The molecule has 3 N–H and O–H groups in total. The molecular weight excluding hydrogens is 392 g/mol. The molecule has 0 aliphatic heterocycles. The molecule has 1 saturated carbocycles. The van der Waals surface area contributed by atoms with Gasteiger partial charge in [0.15, 0.2) is 0 Å². The molecule has 1 amide bonds. The Kier molecular flexibility index (Phi) is 8.96. The lowest BCUT2D eigenvalue weighted by Crippen LogP contribution is -2.54. The monoisotopic (exact) mass is 415 g/mol. The Balaban J connectivity index is 0.00000182. The number of carbonyl (C=O) groups is 1. The Hall–Kier alpha value is -1.89. The Labute approximate surface area is 170 Å². The van der Waals surface area contributed by atoms with Crippen molar-refractivity contribution < 1.29 is 13.9 Å². The molecule has 0 saturated heterocycles. The van der Waals surface area contributed by atoms with E-state index in [9.17, 15) is 9.18 Å². The molecule has 0 spiro atoms. The second kappa shape index (κ2) is 10.4. The Morgan fingerprint density at radius 3 is 2.37 bits per heavy atom. The molecule has 8 heteroatoms. The van der Waals surface area contributed by atoms with Crippen molar-refractivity contribution in [2.24, 2.45) is 5.73 Å². The highest BCUT2D eigenvalue weighted by Gasteiger charge is 2.34. The van der Waals surface area contributed by atoms with Crippen molar-refractivity contribution in [1.29, 1.82) is 0 Å². The summed E-state index contributed by atoms with van der Waals surface area (Å²) in [5.74, 6) is 0.502. The van der Waals surface area contributed by atoms with E-state index in [2.05, 4.69) is 10.3 Å². The van der Waals surface area contributed by atoms with Crippen LogP contribution in [0.2, 0.25) is 0 Å². The molecule has 1 aromatic carbocycles. The third-order valence-electron chi connectivity index (χ3n) is 4.48. The van der Waals surface area contributed by atoms with E-state index in [1.165, 1.54) is 24.3 Å². The molecule has 0 unspecified atom stereocenters. The molecule has 0 bridgehead atoms. The Bertz CT molecular complexity index is 721. The summed E-state index contributed by atoms with van der Waals surface area (Å²) < 4.78 is 18.4. The van der Waals surface area contributed by atoms with Crippen molar-refractivity contribution in [2.45, 2.75) is 44.2 Å². The topological polar surface area (TPSA) is 77.2 Å². The van der Waals surface area contributed by atoms with Gasteiger partial charge in [0, 0.05) is 18.8 Å².